The molecule has 102 valence electrons. The summed E-state index contributed by atoms with van der Waals surface area (Å²) in [7, 11) is 0. The van der Waals surface area contributed by atoms with Crippen LogP contribution in [0.2, 0.25) is 0 Å². The molecule has 0 unspecified atom stereocenters. The number of amides is 2. The molecule has 1 heterocycles. The van der Waals surface area contributed by atoms with Gasteiger partial charge in [-0.1, -0.05) is 0 Å². The highest BCUT2D eigenvalue weighted by molar-refractivity contribution is 14.1. The predicted molar refractivity (Wildman–Crippen MR) is 81.6 cm³/mol. The summed E-state index contributed by atoms with van der Waals surface area (Å²) in [5.41, 5.74) is 0.401. The van der Waals surface area contributed by atoms with Gasteiger partial charge in [-0.25, -0.2) is 4.39 Å². The molecule has 0 aliphatic carbocycles. The van der Waals surface area contributed by atoms with E-state index in [1.165, 1.54) is 12.1 Å². The van der Waals surface area contributed by atoms with Crippen LogP contribution in [0.3, 0.4) is 0 Å². The van der Waals surface area contributed by atoms with E-state index in [1.54, 1.807) is 17.8 Å². The summed E-state index contributed by atoms with van der Waals surface area (Å²) in [6.07, 6.45) is 0.423. The van der Waals surface area contributed by atoms with Crippen LogP contribution < -0.4 is 10.6 Å². The average molecular weight is 394 g/mol. The Balaban J connectivity index is 2.05. The van der Waals surface area contributed by atoms with E-state index in [-0.39, 0.29) is 11.8 Å². The number of carbonyl (C=O) groups excluding carboxylic acids is 2. The molecular weight excluding hydrogens is 382 g/mol. The molecule has 4 nitrogen and oxygen atoms in total. The molecule has 0 spiro atoms. The summed E-state index contributed by atoms with van der Waals surface area (Å²) in [6.45, 7) is 0. The maximum absolute atomic E-state index is 13.2. The lowest BCUT2D eigenvalue weighted by Gasteiger charge is -2.15. The molecule has 0 bridgehead atoms. The zero-order valence-corrected chi connectivity index (χ0v) is 12.9. The minimum atomic E-state index is -0.569. The fraction of sp³-hybridized carbons (Fsp3) is 0.333. The zero-order chi connectivity index (χ0) is 13.8. The van der Waals surface area contributed by atoms with E-state index in [4.69, 9.17) is 0 Å². The second-order valence-electron chi connectivity index (χ2n) is 4.09. The van der Waals surface area contributed by atoms with E-state index in [0.29, 0.717) is 27.2 Å². The number of nitrogens with one attached hydrogen (secondary N) is 2. The molecule has 1 aliphatic rings. The Bertz CT molecular complexity index is 492. The van der Waals surface area contributed by atoms with Gasteiger partial charge < -0.3 is 10.6 Å². The van der Waals surface area contributed by atoms with Gasteiger partial charge in [-0.3, -0.25) is 9.59 Å². The minimum absolute atomic E-state index is 0.126. The first-order valence-electron chi connectivity index (χ1n) is 5.68. The highest BCUT2D eigenvalue weighted by Gasteiger charge is 2.23. The van der Waals surface area contributed by atoms with Gasteiger partial charge in [0.05, 0.1) is 0 Å². The standard InChI is InChI=1S/C12H12FIN2O2S/c13-7-3-8(14)5-9(4-7)15-12(18)10-6-19-2-1-11(17)16-10/h3-5,10H,1-2,6H2,(H,15,18)(H,16,17)/t10-/m0/s1. The number of carbonyl (C=O) groups is 2. The number of thioether (sulfide) groups is 1. The van der Waals surface area contributed by atoms with Crippen LogP contribution in [0.25, 0.3) is 0 Å². The maximum atomic E-state index is 13.2. The van der Waals surface area contributed by atoms with Crippen molar-refractivity contribution in [2.45, 2.75) is 12.5 Å². The molecule has 1 aromatic rings. The summed E-state index contributed by atoms with van der Waals surface area (Å²) in [6, 6.07) is 3.74. The van der Waals surface area contributed by atoms with Crippen LogP contribution in [0, 0.1) is 9.39 Å². The molecule has 7 heteroatoms. The Morgan fingerprint density at radius 2 is 2.26 bits per heavy atom. The van der Waals surface area contributed by atoms with Crippen molar-refractivity contribution in [3.63, 3.8) is 0 Å². The minimum Gasteiger partial charge on any atom is -0.343 e. The van der Waals surface area contributed by atoms with Gasteiger partial charge in [0.1, 0.15) is 11.9 Å². The lowest BCUT2D eigenvalue weighted by molar-refractivity contribution is -0.125. The van der Waals surface area contributed by atoms with Crippen molar-refractivity contribution in [1.82, 2.24) is 5.32 Å². The van der Waals surface area contributed by atoms with Crippen LogP contribution in [0.5, 0.6) is 0 Å². The topological polar surface area (TPSA) is 58.2 Å². The second kappa shape index (κ2) is 6.56. The summed E-state index contributed by atoms with van der Waals surface area (Å²) in [4.78, 5) is 23.4. The van der Waals surface area contributed by atoms with Crippen molar-refractivity contribution < 1.29 is 14.0 Å². The van der Waals surface area contributed by atoms with E-state index in [1.807, 2.05) is 22.6 Å². The summed E-state index contributed by atoms with van der Waals surface area (Å²) >= 11 is 3.53. The molecule has 1 aromatic carbocycles. The molecule has 1 aliphatic heterocycles. The number of anilines is 1. The SMILES string of the molecule is O=C1CCSC[C@@H](C(=O)Nc2cc(F)cc(I)c2)N1. The second-order valence-corrected chi connectivity index (χ2v) is 6.49. The third-order valence-electron chi connectivity index (χ3n) is 2.54. The summed E-state index contributed by atoms with van der Waals surface area (Å²) < 4.78 is 13.9. The third-order valence-corrected chi connectivity index (χ3v) is 4.22. The van der Waals surface area contributed by atoms with E-state index < -0.39 is 11.9 Å². The van der Waals surface area contributed by atoms with E-state index in [9.17, 15) is 14.0 Å². The molecule has 0 radical (unpaired) electrons. The first-order valence-corrected chi connectivity index (χ1v) is 7.92. The molecule has 1 fully saturated rings. The van der Waals surface area contributed by atoms with Crippen LogP contribution in [0.15, 0.2) is 18.2 Å². The average Bonchev–Trinajstić information content (AvgIpc) is 2.52. The van der Waals surface area contributed by atoms with Crippen molar-refractivity contribution in [3.8, 4) is 0 Å². The molecular formula is C12H12FIN2O2S. The molecule has 0 saturated carbocycles. The van der Waals surface area contributed by atoms with E-state index in [0.717, 1.165) is 0 Å². The Labute approximate surface area is 128 Å². The van der Waals surface area contributed by atoms with Crippen LogP contribution in [0.4, 0.5) is 10.1 Å². The zero-order valence-electron chi connectivity index (χ0n) is 9.91. The van der Waals surface area contributed by atoms with Gasteiger partial charge in [0.25, 0.3) is 0 Å². The van der Waals surface area contributed by atoms with Crippen LogP contribution in [-0.4, -0.2) is 29.4 Å². The Morgan fingerprint density at radius 3 is 3.00 bits per heavy atom. The van der Waals surface area contributed by atoms with Gasteiger partial charge in [0, 0.05) is 27.2 Å². The molecule has 2 amide bonds. The van der Waals surface area contributed by atoms with Gasteiger partial charge in [0.2, 0.25) is 11.8 Å². The fourth-order valence-corrected chi connectivity index (χ4v) is 3.27. The van der Waals surface area contributed by atoms with Crippen molar-refractivity contribution in [3.05, 3.63) is 27.6 Å². The van der Waals surface area contributed by atoms with Gasteiger partial charge in [0.15, 0.2) is 0 Å². The van der Waals surface area contributed by atoms with Crippen molar-refractivity contribution in [2.24, 2.45) is 0 Å². The monoisotopic (exact) mass is 394 g/mol. The maximum Gasteiger partial charge on any atom is 0.247 e. The Kier molecular flexibility index (Phi) is 5.03. The third kappa shape index (κ3) is 4.34. The lowest BCUT2D eigenvalue weighted by atomic mass is 10.2. The molecule has 2 rings (SSSR count). The highest BCUT2D eigenvalue weighted by atomic mass is 127. The number of hydrogen-bond donors (Lipinski definition) is 2. The largest absolute Gasteiger partial charge is 0.343 e. The molecule has 1 saturated heterocycles. The highest BCUT2D eigenvalue weighted by Crippen LogP contribution is 2.17. The Hall–Kier alpha value is -0.830. The van der Waals surface area contributed by atoms with E-state index >= 15 is 0 Å². The normalized spacial score (nSPS) is 19.5. The van der Waals surface area contributed by atoms with Crippen LogP contribution >= 0.6 is 34.4 Å². The van der Waals surface area contributed by atoms with Crippen molar-refractivity contribution in [2.75, 3.05) is 16.8 Å². The van der Waals surface area contributed by atoms with Crippen molar-refractivity contribution in [1.29, 1.82) is 0 Å². The first-order chi connectivity index (χ1) is 9.04. The molecule has 19 heavy (non-hydrogen) atoms. The number of rotatable bonds is 2. The molecule has 0 aromatic heterocycles. The summed E-state index contributed by atoms with van der Waals surface area (Å²) in [5, 5.41) is 5.29. The summed E-state index contributed by atoms with van der Waals surface area (Å²) in [5.74, 6) is 0.405. The van der Waals surface area contributed by atoms with Gasteiger partial charge >= 0.3 is 0 Å². The van der Waals surface area contributed by atoms with Crippen LogP contribution in [-0.2, 0) is 9.59 Å². The smallest absolute Gasteiger partial charge is 0.247 e. The van der Waals surface area contributed by atoms with Crippen molar-refractivity contribution >= 4 is 51.9 Å². The lowest BCUT2D eigenvalue weighted by Crippen LogP contribution is -2.44. The van der Waals surface area contributed by atoms with Gasteiger partial charge in [-0.15, -0.1) is 0 Å². The number of benzene rings is 1. The Morgan fingerprint density at radius 1 is 1.47 bits per heavy atom. The quantitative estimate of drug-likeness (QED) is 0.755. The van der Waals surface area contributed by atoms with Crippen LogP contribution in [0.1, 0.15) is 6.42 Å². The van der Waals surface area contributed by atoms with Gasteiger partial charge in [-0.05, 0) is 40.8 Å². The van der Waals surface area contributed by atoms with Gasteiger partial charge in [-0.2, -0.15) is 11.8 Å². The molecule has 1 atom stereocenters. The number of halogens is 2. The first kappa shape index (κ1) is 14.6. The predicted octanol–water partition coefficient (Wildman–Crippen LogP) is 1.99. The molecule has 2 N–H and O–H groups in total. The number of hydrogen-bond acceptors (Lipinski definition) is 3. The van der Waals surface area contributed by atoms with E-state index in [2.05, 4.69) is 10.6 Å². The fourth-order valence-electron chi connectivity index (χ4n) is 1.67.